The summed E-state index contributed by atoms with van der Waals surface area (Å²) in [6.45, 7) is 7.33. The van der Waals surface area contributed by atoms with Crippen LogP contribution in [0.3, 0.4) is 0 Å². The first kappa shape index (κ1) is 19.1. The Morgan fingerprint density at radius 2 is 2.11 bits per heavy atom. The Bertz CT molecular complexity index is 739. The predicted octanol–water partition coefficient (Wildman–Crippen LogP) is 2.25. The summed E-state index contributed by atoms with van der Waals surface area (Å²) in [5.41, 5.74) is 0.145. The van der Waals surface area contributed by atoms with E-state index in [9.17, 15) is 0 Å². The molecule has 7 nitrogen and oxygen atoms in total. The predicted molar refractivity (Wildman–Crippen MR) is 104 cm³/mol. The van der Waals surface area contributed by atoms with Crippen LogP contribution in [0, 0.1) is 22.7 Å². The van der Waals surface area contributed by atoms with Crippen molar-refractivity contribution in [1.29, 1.82) is 10.5 Å². The molecule has 2 saturated heterocycles. The van der Waals surface area contributed by atoms with Crippen molar-refractivity contribution in [2.75, 3.05) is 44.7 Å². The summed E-state index contributed by atoms with van der Waals surface area (Å²) in [7, 11) is 2.01. The minimum Gasteiger partial charge on any atom is -0.444 e. The highest BCUT2D eigenvalue weighted by atomic mass is 16.4. The molecule has 0 saturated carbocycles. The third-order valence-corrected chi connectivity index (χ3v) is 5.48. The Hall–Kier alpha value is -2.64. The van der Waals surface area contributed by atoms with Gasteiger partial charge < -0.3 is 19.5 Å². The van der Waals surface area contributed by atoms with Crippen molar-refractivity contribution in [3.8, 4) is 12.1 Å². The van der Waals surface area contributed by atoms with Crippen LogP contribution in [0.2, 0.25) is 0 Å². The quantitative estimate of drug-likeness (QED) is 0.771. The second-order valence-electron chi connectivity index (χ2n) is 7.34. The lowest BCUT2D eigenvalue weighted by Gasteiger charge is -2.32. The van der Waals surface area contributed by atoms with Crippen LogP contribution in [-0.2, 0) is 6.54 Å². The van der Waals surface area contributed by atoms with Gasteiger partial charge in [0.15, 0.2) is 11.5 Å². The summed E-state index contributed by atoms with van der Waals surface area (Å²) in [6, 6.07) is 8.65. The number of hydrogen-bond donors (Lipinski definition) is 1. The molecule has 1 N–H and O–H groups in total. The number of nitrogens with zero attached hydrogens (tertiary/aromatic N) is 5. The van der Waals surface area contributed by atoms with E-state index in [1.54, 1.807) is 0 Å². The fraction of sp³-hybridized carbons (Fsp3) is 0.600. The minimum atomic E-state index is 0.145. The fourth-order valence-electron chi connectivity index (χ4n) is 3.76. The Labute approximate surface area is 161 Å². The maximum absolute atomic E-state index is 9.09. The number of anilines is 1. The molecule has 1 unspecified atom stereocenters. The van der Waals surface area contributed by atoms with Gasteiger partial charge >= 0.3 is 0 Å². The van der Waals surface area contributed by atoms with Crippen LogP contribution in [0.5, 0.6) is 0 Å². The lowest BCUT2D eigenvalue weighted by Crippen LogP contribution is -2.36. The number of nitrogens with one attached hydrogen (secondary N) is 1. The molecule has 27 heavy (non-hydrogen) atoms. The summed E-state index contributed by atoms with van der Waals surface area (Å²) in [5.74, 6) is 2.51. The average Bonchev–Trinajstić information content (AvgIpc) is 3.33. The lowest BCUT2D eigenvalue weighted by molar-refractivity contribution is 0.142. The van der Waals surface area contributed by atoms with Crippen molar-refractivity contribution in [3.05, 3.63) is 29.3 Å². The highest BCUT2D eigenvalue weighted by molar-refractivity contribution is 5.40. The highest BCUT2D eigenvalue weighted by Gasteiger charge is 2.22. The van der Waals surface area contributed by atoms with E-state index in [1.165, 1.54) is 19.3 Å². The highest BCUT2D eigenvalue weighted by Crippen LogP contribution is 2.23. The van der Waals surface area contributed by atoms with Crippen molar-refractivity contribution in [1.82, 2.24) is 15.1 Å². The zero-order valence-corrected chi connectivity index (χ0v) is 16.2. The van der Waals surface area contributed by atoms with Crippen LogP contribution in [0.25, 0.3) is 0 Å². The number of nitriles is 2. The van der Waals surface area contributed by atoms with Gasteiger partial charge in [-0.05, 0) is 32.4 Å². The van der Waals surface area contributed by atoms with Crippen LogP contribution in [-0.4, -0.2) is 55.6 Å². The van der Waals surface area contributed by atoms with Gasteiger partial charge in [-0.15, -0.1) is 0 Å². The third kappa shape index (κ3) is 4.56. The molecular weight excluding hydrogens is 340 g/mol. The number of furan rings is 1. The van der Waals surface area contributed by atoms with Crippen molar-refractivity contribution < 1.29 is 4.42 Å². The first-order valence-electron chi connectivity index (χ1n) is 9.69. The Balaban J connectivity index is 1.55. The molecule has 2 aliphatic rings. The Kier molecular flexibility index (Phi) is 6.26. The Morgan fingerprint density at radius 1 is 1.30 bits per heavy atom. The van der Waals surface area contributed by atoms with Crippen molar-refractivity contribution in [3.63, 3.8) is 0 Å². The number of piperidine rings is 1. The van der Waals surface area contributed by atoms with Gasteiger partial charge in [-0.2, -0.15) is 10.5 Å². The van der Waals surface area contributed by atoms with Gasteiger partial charge in [0, 0.05) is 45.3 Å². The van der Waals surface area contributed by atoms with Gasteiger partial charge in [0.05, 0.1) is 6.54 Å². The monoisotopic (exact) mass is 368 g/mol. The van der Waals surface area contributed by atoms with Crippen LogP contribution >= 0.6 is 0 Å². The second kappa shape index (κ2) is 8.83. The minimum absolute atomic E-state index is 0.145. The topological polar surface area (TPSA) is 82.5 Å². The van der Waals surface area contributed by atoms with E-state index in [4.69, 9.17) is 14.9 Å². The van der Waals surface area contributed by atoms with Crippen LogP contribution in [0.1, 0.15) is 31.9 Å². The number of allylic oxidation sites excluding steroid dienone is 1. The first-order chi connectivity index (χ1) is 13.1. The molecule has 1 atom stereocenters. The van der Waals surface area contributed by atoms with Gasteiger partial charge in [0.2, 0.25) is 0 Å². The summed E-state index contributed by atoms with van der Waals surface area (Å²) >= 11 is 0. The SMILES string of the molecule is CC1CCCCN1Cc1ccc(N(C)CCN2CCNC2=C(C#N)C#N)o1. The molecule has 0 radical (unpaired) electrons. The van der Waals surface area contributed by atoms with E-state index >= 15 is 0 Å². The molecule has 3 rings (SSSR count). The molecule has 0 spiro atoms. The molecule has 2 fully saturated rings. The molecule has 144 valence electrons. The number of likely N-dealkylation sites (tertiary alicyclic amines) is 1. The normalized spacial score (nSPS) is 20.1. The van der Waals surface area contributed by atoms with Crippen LogP contribution < -0.4 is 10.2 Å². The van der Waals surface area contributed by atoms with E-state index in [0.29, 0.717) is 11.9 Å². The molecule has 1 aromatic rings. The zero-order valence-electron chi connectivity index (χ0n) is 16.2. The molecular formula is C20H28N6O. The summed E-state index contributed by atoms with van der Waals surface area (Å²) < 4.78 is 6.06. The molecule has 1 aromatic heterocycles. The van der Waals surface area contributed by atoms with E-state index in [0.717, 1.165) is 50.9 Å². The smallest absolute Gasteiger partial charge is 0.195 e. The molecule has 0 aliphatic carbocycles. The van der Waals surface area contributed by atoms with Gasteiger partial charge in [-0.1, -0.05) is 6.42 Å². The average molecular weight is 368 g/mol. The third-order valence-electron chi connectivity index (χ3n) is 5.48. The molecule has 3 heterocycles. The maximum Gasteiger partial charge on any atom is 0.195 e. The van der Waals surface area contributed by atoms with Crippen molar-refractivity contribution in [2.24, 2.45) is 0 Å². The van der Waals surface area contributed by atoms with Crippen LogP contribution in [0.4, 0.5) is 5.88 Å². The maximum atomic E-state index is 9.09. The summed E-state index contributed by atoms with van der Waals surface area (Å²) in [5, 5.41) is 21.3. The van der Waals surface area contributed by atoms with E-state index in [-0.39, 0.29) is 5.57 Å². The standard InChI is InChI=1S/C20H28N6O/c1-16-5-3-4-9-26(16)15-18-6-7-19(27-18)24(2)11-12-25-10-8-23-20(25)17(13-21)14-22/h6-7,16,23H,3-5,8-12,15H2,1-2H3. The number of likely N-dealkylation sites (N-methyl/N-ethyl adjacent to an activating group) is 1. The lowest BCUT2D eigenvalue weighted by atomic mass is 10.0. The van der Waals surface area contributed by atoms with E-state index in [2.05, 4.69) is 33.0 Å². The first-order valence-corrected chi connectivity index (χ1v) is 9.69. The van der Waals surface area contributed by atoms with Crippen molar-refractivity contribution >= 4 is 5.88 Å². The van der Waals surface area contributed by atoms with Gasteiger partial charge in [-0.3, -0.25) is 4.90 Å². The van der Waals surface area contributed by atoms with Gasteiger partial charge in [0.1, 0.15) is 23.7 Å². The fourth-order valence-corrected chi connectivity index (χ4v) is 3.76. The molecule has 0 bridgehead atoms. The van der Waals surface area contributed by atoms with Crippen LogP contribution in [0.15, 0.2) is 27.9 Å². The van der Waals surface area contributed by atoms with Gasteiger partial charge in [0.25, 0.3) is 0 Å². The molecule has 7 heteroatoms. The number of rotatable bonds is 6. The largest absolute Gasteiger partial charge is 0.444 e. The van der Waals surface area contributed by atoms with Gasteiger partial charge in [-0.25, -0.2) is 0 Å². The summed E-state index contributed by atoms with van der Waals surface area (Å²) in [6.07, 6.45) is 3.86. The Morgan fingerprint density at radius 3 is 2.85 bits per heavy atom. The molecule has 0 aromatic carbocycles. The molecule has 2 aliphatic heterocycles. The molecule has 0 amide bonds. The van der Waals surface area contributed by atoms with E-state index < -0.39 is 0 Å². The zero-order chi connectivity index (χ0) is 19.2. The second-order valence-corrected chi connectivity index (χ2v) is 7.34. The summed E-state index contributed by atoms with van der Waals surface area (Å²) in [4.78, 5) is 6.62. The van der Waals surface area contributed by atoms with E-state index in [1.807, 2.05) is 25.3 Å². The number of hydrogen-bond acceptors (Lipinski definition) is 7. The van der Waals surface area contributed by atoms with Crippen molar-refractivity contribution in [2.45, 2.75) is 38.8 Å².